The number of aliphatic hydroxyl groups excluding tert-OH is 1. The number of nitrogens with zero attached hydrogens (tertiary/aromatic N) is 1. The van der Waals surface area contributed by atoms with Gasteiger partial charge in [0.15, 0.2) is 0 Å². The zero-order valence-electron chi connectivity index (χ0n) is 11.5. The predicted octanol–water partition coefficient (Wildman–Crippen LogP) is 1.40. The van der Waals surface area contributed by atoms with Gasteiger partial charge in [0, 0.05) is 27.3 Å². The second-order valence-corrected chi connectivity index (χ2v) is 6.46. The smallest absolute Gasteiger partial charge is 0.242 e. The van der Waals surface area contributed by atoms with Crippen molar-refractivity contribution in [3.8, 4) is 0 Å². The molecule has 0 radical (unpaired) electrons. The van der Waals surface area contributed by atoms with Gasteiger partial charge in [-0.25, -0.2) is 12.7 Å². The molecule has 1 rings (SSSR count). The van der Waals surface area contributed by atoms with Crippen LogP contribution in [0.1, 0.15) is 25.0 Å². The van der Waals surface area contributed by atoms with Gasteiger partial charge in [-0.3, -0.25) is 0 Å². The largest absolute Gasteiger partial charge is 0.389 e. The van der Waals surface area contributed by atoms with Crippen molar-refractivity contribution < 1.29 is 18.3 Å². The third kappa shape index (κ3) is 4.28. The van der Waals surface area contributed by atoms with Crippen molar-refractivity contribution >= 4 is 10.0 Å². The highest BCUT2D eigenvalue weighted by molar-refractivity contribution is 7.89. The molecule has 0 aliphatic rings. The third-order valence-electron chi connectivity index (χ3n) is 2.89. The monoisotopic (exact) mass is 287 g/mol. The quantitative estimate of drug-likeness (QED) is 0.770. The lowest BCUT2D eigenvalue weighted by molar-refractivity contribution is 0.189. The van der Waals surface area contributed by atoms with E-state index in [0.717, 1.165) is 0 Å². The summed E-state index contributed by atoms with van der Waals surface area (Å²) in [7, 11) is -0.330. The van der Waals surface area contributed by atoms with Crippen LogP contribution < -0.4 is 0 Å². The standard InChI is InChI=1S/C13H21NO4S/c1-11(15)12-5-7-13(8-6-12)19(16,17)14(2)9-4-10-18-3/h5-8,11,15H,4,9-10H2,1-3H3. The predicted molar refractivity (Wildman–Crippen MR) is 73.4 cm³/mol. The summed E-state index contributed by atoms with van der Waals surface area (Å²) in [6.07, 6.45) is 0.0500. The fraction of sp³-hybridized carbons (Fsp3) is 0.538. The van der Waals surface area contributed by atoms with Crippen molar-refractivity contribution in [2.75, 3.05) is 27.3 Å². The van der Waals surface area contributed by atoms with Gasteiger partial charge < -0.3 is 9.84 Å². The number of sulfonamides is 1. The third-order valence-corrected chi connectivity index (χ3v) is 4.76. The minimum Gasteiger partial charge on any atom is -0.389 e. The average Bonchev–Trinajstić information content (AvgIpc) is 2.39. The van der Waals surface area contributed by atoms with Crippen LogP contribution in [0.25, 0.3) is 0 Å². The topological polar surface area (TPSA) is 66.8 Å². The summed E-state index contributed by atoms with van der Waals surface area (Å²) in [4.78, 5) is 0.233. The molecule has 1 aromatic rings. The molecule has 1 aromatic carbocycles. The zero-order valence-corrected chi connectivity index (χ0v) is 12.4. The van der Waals surface area contributed by atoms with Crippen molar-refractivity contribution in [3.05, 3.63) is 29.8 Å². The molecule has 19 heavy (non-hydrogen) atoms. The lowest BCUT2D eigenvalue weighted by Crippen LogP contribution is -2.28. The van der Waals surface area contributed by atoms with Gasteiger partial charge >= 0.3 is 0 Å². The van der Waals surface area contributed by atoms with E-state index in [4.69, 9.17) is 4.74 Å². The van der Waals surface area contributed by atoms with Crippen LogP contribution in [0, 0.1) is 0 Å². The van der Waals surface area contributed by atoms with Gasteiger partial charge in [0.2, 0.25) is 10.0 Å². The fourth-order valence-corrected chi connectivity index (χ4v) is 2.86. The Hall–Kier alpha value is -0.950. The van der Waals surface area contributed by atoms with Gasteiger partial charge in [0.1, 0.15) is 0 Å². The fourth-order valence-electron chi connectivity index (χ4n) is 1.65. The molecule has 1 atom stereocenters. The van der Waals surface area contributed by atoms with Crippen LogP contribution in [0.2, 0.25) is 0 Å². The molecule has 0 bridgehead atoms. The summed E-state index contributed by atoms with van der Waals surface area (Å²) in [6.45, 7) is 2.58. The van der Waals surface area contributed by atoms with Gasteiger partial charge in [-0.1, -0.05) is 12.1 Å². The highest BCUT2D eigenvalue weighted by atomic mass is 32.2. The van der Waals surface area contributed by atoms with Crippen LogP contribution in [0.5, 0.6) is 0 Å². The number of aliphatic hydroxyl groups is 1. The molecule has 0 aliphatic heterocycles. The van der Waals surface area contributed by atoms with Crippen molar-refractivity contribution in [1.29, 1.82) is 0 Å². The van der Waals surface area contributed by atoms with Gasteiger partial charge in [-0.2, -0.15) is 0 Å². The van der Waals surface area contributed by atoms with E-state index in [-0.39, 0.29) is 4.90 Å². The summed E-state index contributed by atoms with van der Waals surface area (Å²) in [5, 5.41) is 9.40. The zero-order chi connectivity index (χ0) is 14.5. The van der Waals surface area contributed by atoms with Crippen LogP contribution in [-0.2, 0) is 14.8 Å². The van der Waals surface area contributed by atoms with E-state index in [2.05, 4.69) is 0 Å². The van der Waals surface area contributed by atoms with Crippen LogP contribution in [0.15, 0.2) is 29.2 Å². The molecule has 1 unspecified atom stereocenters. The van der Waals surface area contributed by atoms with Crippen LogP contribution in [0.4, 0.5) is 0 Å². The first-order valence-corrected chi connectivity index (χ1v) is 7.57. The number of hydrogen-bond donors (Lipinski definition) is 1. The SMILES string of the molecule is COCCCN(C)S(=O)(=O)c1ccc(C(C)O)cc1. The first kappa shape index (κ1) is 16.1. The van der Waals surface area contributed by atoms with Gasteiger partial charge in [-0.15, -0.1) is 0 Å². The van der Waals surface area contributed by atoms with Crippen molar-refractivity contribution in [3.63, 3.8) is 0 Å². The second-order valence-electron chi connectivity index (χ2n) is 4.42. The molecule has 0 saturated carbocycles. The Bertz CT molecular complexity index is 482. The van der Waals surface area contributed by atoms with Gasteiger partial charge in [-0.05, 0) is 31.0 Å². The Kier molecular flexibility index (Phi) is 5.93. The van der Waals surface area contributed by atoms with Crippen LogP contribution in [0.3, 0.4) is 0 Å². The highest BCUT2D eigenvalue weighted by Crippen LogP contribution is 2.18. The van der Waals surface area contributed by atoms with E-state index in [1.807, 2.05) is 0 Å². The number of hydrogen-bond acceptors (Lipinski definition) is 4. The molecule has 0 heterocycles. The Morgan fingerprint density at radius 2 is 1.89 bits per heavy atom. The molecule has 0 fully saturated rings. The lowest BCUT2D eigenvalue weighted by atomic mass is 10.1. The molecule has 5 nitrogen and oxygen atoms in total. The number of rotatable bonds is 7. The molecule has 0 saturated heterocycles. The summed E-state index contributed by atoms with van der Waals surface area (Å²) < 4.78 is 30.7. The van der Waals surface area contributed by atoms with Crippen molar-refractivity contribution in [2.45, 2.75) is 24.3 Å². The maximum absolute atomic E-state index is 12.2. The molecule has 108 valence electrons. The van der Waals surface area contributed by atoms with E-state index in [9.17, 15) is 13.5 Å². The molecule has 0 aromatic heterocycles. The Labute approximate surface area is 114 Å². The number of ether oxygens (including phenoxy) is 1. The van der Waals surface area contributed by atoms with E-state index >= 15 is 0 Å². The van der Waals surface area contributed by atoms with E-state index in [1.165, 1.54) is 16.4 Å². The number of benzene rings is 1. The maximum Gasteiger partial charge on any atom is 0.242 e. The summed E-state index contributed by atoms with van der Waals surface area (Å²) in [6, 6.07) is 6.29. The minimum atomic E-state index is -3.47. The second kappa shape index (κ2) is 7.00. The summed E-state index contributed by atoms with van der Waals surface area (Å²) in [5.74, 6) is 0. The minimum absolute atomic E-state index is 0.233. The summed E-state index contributed by atoms with van der Waals surface area (Å²) >= 11 is 0. The average molecular weight is 287 g/mol. The molecule has 1 N–H and O–H groups in total. The van der Waals surface area contributed by atoms with Crippen molar-refractivity contribution in [1.82, 2.24) is 4.31 Å². The Balaban J connectivity index is 2.81. The molecule has 6 heteroatoms. The van der Waals surface area contributed by atoms with Crippen LogP contribution >= 0.6 is 0 Å². The Morgan fingerprint density at radius 1 is 1.32 bits per heavy atom. The molecule has 0 amide bonds. The van der Waals surface area contributed by atoms with Crippen molar-refractivity contribution in [2.24, 2.45) is 0 Å². The maximum atomic E-state index is 12.2. The first-order chi connectivity index (χ1) is 8.89. The molecular weight excluding hydrogens is 266 g/mol. The normalized spacial score (nSPS) is 13.7. The van der Waals surface area contributed by atoms with E-state index in [1.54, 1.807) is 33.2 Å². The molecule has 0 spiro atoms. The molecule has 0 aliphatic carbocycles. The molecular formula is C13H21NO4S. The van der Waals surface area contributed by atoms with Crippen LogP contribution in [-0.4, -0.2) is 45.1 Å². The summed E-state index contributed by atoms with van der Waals surface area (Å²) in [5.41, 5.74) is 0.695. The highest BCUT2D eigenvalue weighted by Gasteiger charge is 2.20. The Morgan fingerprint density at radius 3 is 2.37 bits per heavy atom. The van der Waals surface area contributed by atoms with E-state index < -0.39 is 16.1 Å². The first-order valence-electron chi connectivity index (χ1n) is 6.13. The lowest BCUT2D eigenvalue weighted by Gasteiger charge is -2.17. The van der Waals surface area contributed by atoms with Gasteiger partial charge in [0.05, 0.1) is 11.0 Å². The number of methoxy groups -OCH3 is 1. The van der Waals surface area contributed by atoms with E-state index in [0.29, 0.717) is 25.1 Å². The van der Waals surface area contributed by atoms with Gasteiger partial charge in [0.25, 0.3) is 0 Å².